The van der Waals surface area contributed by atoms with Crippen LogP contribution in [0.1, 0.15) is 30.6 Å². The van der Waals surface area contributed by atoms with E-state index in [1.807, 2.05) is 0 Å². The molecule has 0 bridgehead atoms. The molecule has 1 aromatic rings. The molecule has 0 saturated heterocycles. The average Bonchev–Trinajstić information content (AvgIpc) is 2.88. The second-order valence-electron chi connectivity index (χ2n) is 5.04. The van der Waals surface area contributed by atoms with Crippen LogP contribution in [0.3, 0.4) is 0 Å². The molecule has 3 N–H and O–H groups in total. The van der Waals surface area contributed by atoms with Crippen molar-refractivity contribution < 1.29 is 13.2 Å². The average molecular weight is 293 g/mol. The third kappa shape index (κ3) is 3.67. The van der Waals surface area contributed by atoms with Gasteiger partial charge in [0.15, 0.2) is 0 Å². The predicted octanol–water partition coefficient (Wildman–Crippen LogP) is 2.89. The molecule has 1 saturated carbocycles. The van der Waals surface area contributed by atoms with Gasteiger partial charge in [0.25, 0.3) is 0 Å². The highest BCUT2D eigenvalue weighted by Crippen LogP contribution is 2.43. The van der Waals surface area contributed by atoms with Crippen molar-refractivity contribution in [3.8, 4) is 0 Å². The Balaban J connectivity index is 2.10. The van der Waals surface area contributed by atoms with Crippen molar-refractivity contribution in [2.24, 2.45) is 17.7 Å². The summed E-state index contributed by atoms with van der Waals surface area (Å²) >= 11 is 1.45. The second-order valence-corrected chi connectivity index (χ2v) is 6.01. The van der Waals surface area contributed by atoms with Gasteiger partial charge >= 0.3 is 6.18 Å². The van der Waals surface area contributed by atoms with Crippen molar-refractivity contribution in [2.75, 3.05) is 0 Å². The van der Waals surface area contributed by atoms with Gasteiger partial charge in [-0.25, -0.2) is 0 Å². The van der Waals surface area contributed by atoms with E-state index in [1.54, 1.807) is 11.7 Å². The number of rotatable bonds is 4. The Bertz CT molecular complexity index is 380. The van der Waals surface area contributed by atoms with Gasteiger partial charge in [-0.05, 0) is 18.8 Å². The molecule has 3 atom stereocenters. The van der Waals surface area contributed by atoms with E-state index in [2.05, 4.69) is 10.4 Å². The van der Waals surface area contributed by atoms with Crippen molar-refractivity contribution in [1.82, 2.24) is 10.4 Å². The van der Waals surface area contributed by atoms with Crippen molar-refractivity contribution in [1.29, 1.82) is 0 Å². The largest absolute Gasteiger partial charge is 0.392 e. The van der Waals surface area contributed by atoms with Crippen molar-refractivity contribution >= 4 is 11.3 Å². The number of aromatic nitrogens is 1. The van der Waals surface area contributed by atoms with Gasteiger partial charge in [-0.1, -0.05) is 12.8 Å². The maximum absolute atomic E-state index is 13.1. The molecule has 3 unspecified atom stereocenters. The Morgan fingerprint density at radius 3 is 2.74 bits per heavy atom. The quantitative estimate of drug-likeness (QED) is 0.663. The first-order valence-corrected chi connectivity index (χ1v) is 7.30. The van der Waals surface area contributed by atoms with Crippen molar-refractivity contribution in [2.45, 2.75) is 44.3 Å². The lowest BCUT2D eigenvalue weighted by Crippen LogP contribution is -2.49. The minimum atomic E-state index is -4.13. The fourth-order valence-electron chi connectivity index (χ4n) is 2.94. The first-order valence-electron chi connectivity index (χ1n) is 6.42. The van der Waals surface area contributed by atoms with E-state index in [1.165, 1.54) is 11.3 Å². The van der Waals surface area contributed by atoms with Gasteiger partial charge < -0.3 is 0 Å². The number of halogens is 3. The zero-order chi connectivity index (χ0) is 13.9. The van der Waals surface area contributed by atoms with Crippen LogP contribution in [0.25, 0.3) is 0 Å². The summed E-state index contributed by atoms with van der Waals surface area (Å²) in [6.45, 7) is 0. The van der Waals surface area contributed by atoms with Crippen LogP contribution < -0.4 is 11.3 Å². The molecule has 19 heavy (non-hydrogen) atoms. The molecule has 1 fully saturated rings. The SMILES string of the molecule is NNC(Cc1cncs1)C1CCCCC1C(F)(F)F. The summed E-state index contributed by atoms with van der Waals surface area (Å²) in [5.41, 5.74) is 4.28. The molecular formula is C12H18F3N3S. The number of nitrogens with two attached hydrogens (primary N) is 1. The normalized spacial score (nSPS) is 26.3. The van der Waals surface area contributed by atoms with E-state index in [9.17, 15) is 13.2 Å². The fourth-order valence-corrected chi connectivity index (χ4v) is 3.60. The first-order chi connectivity index (χ1) is 9.02. The predicted molar refractivity (Wildman–Crippen MR) is 68.4 cm³/mol. The molecule has 1 aromatic heterocycles. The number of alkyl halides is 3. The molecule has 1 aliphatic carbocycles. The third-order valence-corrected chi connectivity index (χ3v) is 4.68. The van der Waals surface area contributed by atoms with E-state index >= 15 is 0 Å². The molecule has 1 heterocycles. The van der Waals surface area contributed by atoms with E-state index in [4.69, 9.17) is 5.84 Å². The number of nitrogens with zero attached hydrogens (tertiary/aromatic N) is 1. The molecule has 0 aromatic carbocycles. The molecule has 0 spiro atoms. The summed E-state index contributed by atoms with van der Waals surface area (Å²) in [6.07, 6.45) is 0.371. The van der Waals surface area contributed by atoms with Crippen LogP contribution in [-0.4, -0.2) is 17.2 Å². The molecule has 2 rings (SSSR count). The van der Waals surface area contributed by atoms with Gasteiger partial charge in [-0.3, -0.25) is 16.3 Å². The van der Waals surface area contributed by atoms with Gasteiger partial charge in [0, 0.05) is 23.5 Å². The van der Waals surface area contributed by atoms with Crippen LogP contribution in [0.5, 0.6) is 0 Å². The summed E-state index contributed by atoms with van der Waals surface area (Å²) in [6, 6.07) is -0.340. The Morgan fingerprint density at radius 1 is 1.42 bits per heavy atom. The maximum Gasteiger partial charge on any atom is 0.392 e. The number of nitrogens with one attached hydrogen (secondary N) is 1. The van der Waals surface area contributed by atoms with Gasteiger partial charge in [0.2, 0.25) is 0 Å². The Hall–Kier alpha value is -0.660. The minimum absolute atomic E-state index is 0.217. The van der Waals surface area contributed by atoms with Gasteiger partial charge in [0.1, 0.15) is 0 Å². The minimum Gasteiger partial charge on any atom is -0.271 e. The molecule has 0 radical (unpaired) electrons. The summed E-state index contributed by atoms with van der Waals surface area (Å²) in [5, 5.41) is 0. The molecular weight excluding hydrogens is 275 g/mol. The standard InChI is InChI=1S/C12H18F3N3S/c13-12(14,15)10-4-2-1-3-9(10)11(18-16)5-8-6-17-7-19-8/h6-7,9-11,18H,1-5,16H2. The maximum atomic E-state index is 13.1. The lowest BCUT2D eigenvalue weighted by atomic mass is 9.74. The van der Waals surface area contributed by atoms with Crippen molar-refractivity contribution in [3.05, 3.63) is 16.6 Å². The van der Waals surface area contributed by atoms with E-state index in [-0.39, 0.29) is 12.5 Å². The summed E-state index contributed by atoms with van der Waals surface area (Å²) in [7, 11) is 0. The van der Waals surface area contributed by atoms with Crippen LogP contribution >= 0.6 is 11.3 Å². The zero-order valence-electron chi connectivity index (χ0n) is 10.5. The van der Waals surface area contributed by atoms with E-state index in [0.717, 1.165) is 11.3 Å². The van der Waals surface area contributed by atoms with Crippen LogP contribution in [0.2, 0.25) is 0 Å². The lowest BCUT2D eigenvalue weighted by molar-refractivity contribution is -0.199. The summed E-state index contributed by atoms with van der Waals surface area (Å²) in [5.74, 6) is 3.81. The van der Waals surface area contributed by atoms with Gasteiger partial charge in [0.05, 0.1) is 11.4 Å². The Morgan fingerprint density at radius 2 is 2.16 bits per heavy atom. The molecule has 0 amide bonds. The van der Waals surface area contributed by atoms with E-state index in [0.29, 0.717) is 19.3 Å². The number of hydrogen-bond acceptors (Lipinski definition) is 4. The molecule has 1 aliphatic rings. The van der Waals surface area contributed by atoms with Gasteiger partial charge in [-0.2, -0.15) is 13.2 Å². The second kappa shape index (κ2) is 6.19. The number of hydrogen-bond donors (Lipinski definition) is 2. The summed E-state index contributed by atoms with van der Waals surface area (Å²) in [4.78, 5) is 4.92. The number of thiazole rings is 1. The third-order valence-electron chi connectivity index (χ3n) is 3.88. The van der Waals surface area contributed by atoms with Crippen LogP contribution in [0.15, 0.2) is 11.7 Å². The lowest BCUT2D eigenvalue weighted by Gasteiger charge is -2.37. The van der Waals surface area contributed by atoms with Crippen LogP contribution in [0.4, 0.5) is 13.2 Å². The fraction of sp³-hybridized carbons (Fsp3) is 0.750. The first kappa shape index (κ1) is 14.7. The Labute approximate surface area is 114 Å². The topological polar surface area (TPSA) is 50.9 Å². The zero-order valence-corrected chi connectivity index (χ0v) is 11.3. The van der Waals surface area contributed by atoms with Crippen LogP contribution in [-0.2, 0) is 6.42 Å². The molecule has 7 heteroatoms. The monoisotopic (exact) mass is 293 g/mol. The van der Waals surface area contributed by atoms with E-state index < -0.39 is 18.0 Å². The van der Waals surface area contributed by atoms with Crippen LogP contribution in [0, 0.1) is 11.8 Å². The van der Waals surface area contributed by atoms with Crippen molar-refractivity contribution in [3.63, 3.8) is 0 Å². The molecule has 108 valence electrons. The highest BCUT2D eigenvalue weighted by atomic mass is 32.1. The smallest absolute Gasteiger partial charge is 0.271 e. The molecule has 0 aliphatic heterocycles. The number of hydrazine groups is 1. The highest BCUT2D eigenvalue weighted by molar-refractivity contribution is 7.09. The van der Waals surface area contributed by atoms with Gasteiger partial charge in [-0.15, -0.1) is 11.3 Å². The summed E-state index contributed by atoms with van der Waals surface area (Å²) < 4.78 is 39.3. The molecule has 3 nitrogen and oxygen atoms in total. The Kier molecular flexibility index (Phi) is 4.81. The highest BCUT2D eigenvalue weighted by Gasteiger charge is 2.47.